The monoisotopic (exact) mass is 256 g/mol. The van der Waals surface area contributed by atoms with Gasteiger partial charge in [0.05, 0.1) is 6.54 Å². The lowest BCUT2D eigenvalue weighted by Crippen LogP contribution is -2.09. The zero-order valence-electron chi connectivity index (χ0n) is 11.0. The minimum Gasteiger partial charge on any atom is -0.324 e. The zero-order valence-corrected chi connectivity index (χ0v) is 11.8. The van der Waals surface area contributed by atoms with E-state index in [1.54, 1.807) is 0 Å². The number of nitrogens with two attached hydrogens (primary N) is 1. The lowest BCUT2D eigenvalue weighted by Gasteiger charge is -2.07. The van der Waals surface area contributed by atoms with Crippen LogP contribution in [0.2, 0.25) is 0 Å². The van der Waals surface area contributed by atoms with Gasteiger partial charge in [0.25, 0.3) is 0 Å². The molecule has 5 heteroatoms. The van der Waals surface area contributed by atoms with Crippen LogP contribution in [0.5, 0.6) is 0 Å². The molecule has 0 aliphatic heterocycles. The molecule has 1 aromatic heterocycles. The Kier molecular flexibility index (Phi) is 7.28. The standard InChI is InChI=1S/C12H24N4S/c1-3-5-6-7-9-17-12-15-14-11(10-13)16(12)8-4-2/h3-10,13H2,1-2H3. The van der Waals surface area contributed by atoms with Crippen molar-refractivity contribution in [2.45, 2.75) is 64.2 Å². The number of aromatic nitrogens is 3. The summed E-state index contributed by atoms with van der Waals surface area (Å²) in [7, 11) is 0. The maximum atomic E-state index is 5.66. The second-order valence-corrected chi connectivity index (χ2v) is 5.23. The first-order chi connectivity index (χ1) is 8.33. The average Bonchev–Trinajstić information content (AvgIpc) is 2.72. The molecule has 0 fully saturated rings. The van der Waals surface area contributed by atoms with Crippen molar-refractivity contribution in [1.29, 1.82) is 0 Å². The molecule has 0 bridgehead atoms. The molecule has 0 saturated carbocycles. The summed E-state index contributed by atoms with van der Waals surface area (Å²) in [5.41, 5.74) is 5.66. The van der Waals surface area contributed by atoms with Crippen LogP contribution in [0.3, 0.4) is 0 Å². The number of nitrogens with zero attached hydrogens (tertiary/aromatic N) is 3. The Morgan fingerprint density at radius 1 is 1.12 bits per heavy atom. The molecule has 4 nitrogen and oxygen atoms in total. The van der Waals surface area contributed by atoms with Crippen LogP contribution in [-0.2, 0) is 13.1 Å². The highest BCUT2D eigenvalue weighted by atomic mass is 32.2. The normalized spacial score (nSPS) is 11.0. The van der Waals surface area contributed by atoms with E-state index in [0.29, 0.717) is 6.54 Å². The molecule has 1 rings (SSSR count). The highest BCUT2D eigenvalue weighted by molar-refractivity contribution is 7.99. The summed E-state index contributed by atoms with van der Waals surface area (Å²) in [6, 6.07) is 0. The molecule has 17 heavy (non-hydrogen) atoms. The van der Waals surface area contributed by atoms with Crippen molar-refractivity contribution in [1.82, 2.24) is 14.8 Å². The number of hydrogen-bond donors (Lipinski definition) is 1. The Bertz CT molecular complexity index is 311. The Labute approximate surface area is 108 Å². The van der Waals surface area contributed by atoms with E-state index < -0.39 is 0 Å². The third kappa shape index (κ3) is 4.68. The Hall–Kier alpha value is -0.550. The van der Waals surface area contributed by atoms with Gasteiger partial charge in [0.2, 0.25) is 0 Å². The van der Waals surface area contributed by atoms with E-state index in [1.165, 1.54) is 25.7 Å². The quantitative estimate of drug-likeness (QED) is 0.545. The van der Waals surface area contributed by atoms with E-state index >= 15 is 0 Å². The molecule has 0 atom stereocenters. The smallest absolute Gasteiger partial charge is 0.191 e. The molecule has 0 radical (unpaired) electrons. The van der Waals surface area contributed by atoms with E-state index in [2.05, 4.69) is 28.6 Å². The van der Waals surface area contributed by atoms with Crippen LogP contribution in [0.4, 0.5) is 0 Å². The Morgan fingerprint density at radius 2 is 1.94 bits per heavy atom. The third-order valence-corrected chi connectivity index (χ3v) is 3.71. The van der Waals surface area contributed by atoms with Crippen molar-refractivity contribution in [3.8, 4) is 0 Å². The first-order valence-electron chi connectivity index (χ1n) is 6.58. The van der Waals surface area contributed by atoms with E-state index in [4.69, 9.17) is 5.73 Å². The molecule has 98 valence electrons. The molecule has 0 unspecified atom stereocenters. The topological polar surface area (TPSA) is 56.7 Å². The summed E-state index contributed by atoms with van der Waals surface area (Å²) < 4.78 is 2.16. The minimum atomic E-state index is 0.476. The van der Waals surface area contributed by atoms with Gasteiger partial charge < -0.3 is 10.3 Å². The molecule has 0 aliphatic rings. The van der Waals surface area contributed by atoms with Gasteiger partial charge in [0.1, 0.15) is 5.82 Å². The number of hydrogen-bond acceptors (Lipinski definition) is 4. The summed E-state index contributed by atoms with van der Waals surface area (Å²) in [6.07, 6.45) is 6.28. The molecule has 2 N–H and O–H groups in total. The third-order valence-electron chi connectivity index (χ3n) is 2.65. The molecular formula is C12H24N4S. The van der Waals surface area contributed by atoms with E-state index in [-0.39, 0.29) is 0 Å². The highest BCUT2D eigenvalue weighted by Crippen LogP contribution is 2.19. The molecule has 1 heterocycles. The summed E-state index contributed by atoms with van der Waals surface area (Å²) in [4.78, 5) is 0. The molecule has 0 spiro atoms. The van der Waals surface area contributed by atoms with Crippen molar-refractivity contribution in [2.75, 3.05) is 5.75 Å². The van der Waals surface area contributed by atoms with Gasteiger partial charge in [-0.15, -0.1) is 10.2 Å². The van der Waals surface area contributed by atoms with Gasteiger partial charge in [-0.3, -0.25) is 0 Å². The van der Waals surface area contributed by atoms with Gasteiger partial charge in [0, 0.05) is 12.3 Å². The van der Waals surface area contributed by atoms with E-state index in [1.807, 2.05) is 11.8 Å². The number of rotatable bonds is 9. The van der Waals surface area contributed by atoms with E-state index in [0.717, 1.165) is 29.7 Å². The summed E-state index contributed by atoms with van der Waals surface area (Å²) in [5, 5.41) is 9.39. The van der Waals surface area contributed by atoms with Crippen LogP contribution >= 0.6 is 11.8 Å². The van der Waals surface area contributed by atoms with Crippen molar-refractivity contribution in [3.63, 3.8) is 0 Å². The fourth-order valence-electron chi connectivity index (χ4n) is 1.72. The SMILES string of the molecule is CCCCCCSc1nnc(CN)n1CCC. The first kappa shape index (κ1) is 14.5. The minimum absolute atomic E-state index is 0.476. The predicted octanol–water partition coefficient (Wildman–Crippen LogP) is 2.82. The Morgan fingerprint density at radius 3 is 2.59 bits per heavy atom. The van der Waals surface area contributed by atoms with Crippen LogP contribution in [0.15, 0.2) is 5.16 Å². The number of unbranched alkanes of at least 4 members (excludes halogenated alkanes) is 3. The maximum Gasteiger partial charge on any atom is 0.191 e. The van der Waals surface area contributed by atoms with Gasteiger partial charge in [0.15, 0.2) is 5.16 Å². The summed E-state index contributed by atoms with van der Waals surface area (Å²) >= 11 is 1.81. The molecule has 1 aromatic rings. The van der Waals surface area contributed by atoms with Crippen molar-refractivity contribution in [3.05, 3.63) is 5.82 Å². The molecular weight excluding hydrogens is 232 g/mol. The molecule has 0 amide bonds. The largest absolute Gasteiger partial charge is 0.324 e. The van der Waals surface area contributed by atoms with E-state index in [9.17, 15) is 0 Å². The molecule has 0 aliphatic carbocycles. The van der Waals surface area contributed by atoms with Gasteiger partial charge in [-0.25, -0.2) is 0 Å². The summed E-state index contributed by atoms with van der Waals surface area (Å²) in [6.45, 7) is 5.84. The lowest BCUT2D eigenvalue weighted by atomic mass is 10.2. The predicted molar refractivity (Wildman–Crippen MR) is 73.1 cm³/mol. The molecule has 0 aromatic carbocycles. The van der Waals surface area contributed by atoms with Crippen molar-refractivity contribution in [2.24, 2.45) is 5.73 Å². The van der Waals surface area contributed by atoms with Crippen LogP contribution in [0.1, 0.15) is 51.8 Å². The van der Waals surface area contributed by atoms with Gasteiger partial charge in [-0.2, -0.15) is 0 Å². The fourth-order valence-corrected chi connectivity index (χ4v) is 2.70. The van der Waals surface area contributed by atoms with Crippen LogP contribution in [0, 0.1) is 0 Å². The zero-order chi connectivity index (χ0) is 12.5. The van der Waals surface area contributed by atoms with Crippen LogP contribution in [0.25, 0.3) is 0 Å². The fraction of sp³-hybridized carbons (Fsp3) is 0.833. The maximum absolute atomic E-state index is 5.66. The van der Waals surface area contributed by atoms with Gasteiger partial charge >= 0.3 is 0 Å². The lowest BCUT2D eigenvalue weighted by molar-refractivity contribution is 0.591. The van der Waals surface area contributed by atoms with Gasteiger partial charge in [-0.1, -0.05) is 44.9 Å². The molecule has 0 saturated heterocycles. The van der Waals surface area contributed by atoms with Crippen LogP contribution < -0.4 is 5.73 Å². The number of thioether (sulfide) groups is 1. The second-order valence-electron chi connectivity index (χ2n) is 4.16. The Balaban J connectivity index is 2.43. The second kappa shape index (κ2) is 8.53. The van der Waals surface area contributed by atoms with Crippen molar-refractivity contribution >= 4 is 11.8 Å². The first-order valence-corrected chi connectivity index (χ1v) is 7.57. The van der Waals surface area contributed by atoms with Crippen molar-refractivity contribution < 1.29 is 0 Å². The summed E-state index contributed by atoms with van der Waals surface area (Å²) in [5.74, 6) is 2.04. The average molecular weight is 256 g/mol. The highest BCUT2D eigenvalue weighted by Gasteiger charge is 2.09. The van der Waals surface area contributed by atoms with Crippen LogP contribution in [-0.4, -0.2) is 20.5 Å². The van der Waals surface area contributed by atoms with Gasteiger partial charge in [-0.05, 0) is 12.8 Å².